The van der Waals surface area contributed by atoms with Crippen LogP contribution in [0, 0.1) is 11.8 Å². The van der Waals surface area contributed by atoms with Gasteiger partial charge in [0.2, 0.25) is 0 Å². The van der Waals surface area contributed by atoms with Crippen LogP contribution in [0.4, 0.5) is 5.69 Å². The van der Waals surface area contributed by atoms with Gasteiger partial charge in [-0.1, -0.05) is 54.3 Å². The van der Waals surface area contributed by atoms with Gasteiger partial charge in [0.05, 0.1) is 6.54 Å². The third-order valence-corrected chi connectivity index (χ3v) is 2.75. The molecule has 0 aliphatic carbocycles. The fraction of sp³-hybridized carbons (Fsp3) is 0.111. The summed E-state index contributed by atoms with van der Waals surface area (Å²) >= 11 is 0. The molecule has 0 spiro atoms. The lowest BCUT2D eigenvalue weighted by Gasteiger charge is -2.20. The van der Waals surface area contributed by atoms with Gasteiger partial charge in [0, 0.05) is 17.8 Å². The van der Waals surface area contributed by atoms with Gasteiger partial charge < -0.3 is 4.90 Å². The Morgan fingerprint density at radius 1 is 0.947 bits per heavy atom. The Morgan fingerprint density at radius 3 is 2.21 bits per heavy atom. The van der Waals surface area contributed by atoms with Gasteiger partial charge in [0.15, 0.2) is 0 Å². The van der Waals surface area contributed by atoms with Gasteiger partial charge in [-0.05, 0) is 24.3 Å². The molecule has 0 saturated heterocycles. The SMILES string of the molecule is C=CCN(CC#Cc1ccccc1)c1ccccc1. The molecule has 0 N–H and O–H groups in total. The molecule has 2 aromatic carbocycles. The van der Waals surface area contributed by atoms with Crippen LogP contribution in [0.25, 0.3) is 0 Å². The van der Waals surface area contributed by atoms with Gasteiger partial charge in [-0.3, -0.25) is 0 Å². The van der Waals surface area contributed by atoms with E-state index in [0.29, 0.717) is 6.54 Å². The Hall–Kier alpha value is -2.46. The van der Waals surface area contributed by atoms with Crippen molar-refractivity contribution in [3.05, 3.63) is 78.9 Å². The van der Waals surface area contributed by atoms with Crippen LogP contribution in [0.3, 0.4) is 0 Å². The van der Waals surface area contributed by atoms with Crippen molar-refractivity contribution in [3.63, 3.8) is 0 Å². The van der Waals surface area contributed by atoms with Crippen LogP contribution in [0.1, 0.15) is 5.56 Å². The summed E-state index contributed by atoms with van der Waals surface area (Å²) < 4.78 is 0. The first-order valence-electron chi connectivity index (χ1n) is 6.35. The largest absolute Gasteiger partial charge is 0.357 e. The minimum atomic E-state index is 0.699. The molecule has 0 amide bonds. The van der Waals surface area contributed by atoms with E-state index in [1.165, 1.54) is 5.69 Å². The van der Waals surface area contributed by atoms with Crippen LogP contribution in [0.5, 0.6) is 0 Å². The average Bonchev–Trinajstić information content (AvgIpc) is 2.48. The molecular weight excluding hydrogens is 230 g/mol. The Balaban J connectivity index is 2.06. The van der Waals surface area contributed by atoms with Crippen LogP contribution < -0.4 is 4.90 Å². The van der Waals surface area contributed by atoms with Crippen LogP contribution in [-0.4, -0.2) is 13.1 Å². The van der Waals surface area contributed by atoms with Crippen molar-refractivity contribution in [2.75, 3.05) is 18.0 Å². The second-order valence-corrected chi connectivity index (χ2v) is 4.17. The number of benzene rings is 2. The van der Waals surface area contributed by atoms with E-state index in [0.717, 1.165) is 12.1 Å². The van der Waals surface area contributed by atoms with Crippen molar-refractivity contribution in [1.82, 2.24) is 0 Å². The van der Waals surface area contributed by atoms with Crippen molar-refractivity contribution < 1.29 is 0 Å². The summed E-state index contributed by atoms with van der Waals surface area (Å²) in [5, 5.41) is 0. The second kappa shape index (κ2) is 7.08. The molecule has 0 heterocycles. The van der Waals surface area contributed by atoms with Crippen LogP contribution >= 0.6 is 0 Å². The Bertz CT molecular complexity index is 561. The lowest BCUT2D eigenvalue weighted by molar-refractivity contribution is 0.970. The quantitative estimate of drug-likeness (QED) is 0.588. The molecule has 0 aliphatic heterocycles. The lowest BCUT2D eigenvalue weighted by Crippen LogP contribution is -2.23. The number of anilines is 1. The lowest BCUT2D eigenvalue weighted by atomic mass is 10.2. The number of nitrogens with zero attached hydrogens (tertiary/aromatic N) is 1. The fourth-order valence-corrected chi connectivity index (χ4v) is 1.81. The zero-order valence-corrected chi connectivity index (χ0v) is 10.9. The van der Waals surface area contributed by atoms with E-state index in [4.69, 9.17) is 0 Å². The Kier molecular flexibility index (Phi) is 4.84. The zero-order valence-electron chi connectivity index (χ0n) is 10.9. The van der Waals surface area contributed by atoms with Crippen molar-refractivity contribution in [2.24, 2.45) is 0 Å². The summed E-state index contributed by atoms with van der Waals surface area (Å²) in [7, 11) is 0. The molecular formula is C18H17N. The Morgan fingerprint density at radius 2 is 1.58 bits per heavy atom. The molecule has 0 aromatic heterocycles. The highest BCUT2D eigenvalue weighted by Gasteiger charge is 2.00. The smallest absolute Gasteiger partial charge is 0.0801 e. The molecule has 0 bridgehead atoms. The fourth-order valence-electron chi connectivity index (χ4n) is 1.81. The molecule has 2 aromatic rings. The highest BCUT2D eigenvalue weighted by Crippen LogP contribution is 2.12. The van der Waals surface area contributed by atoms with E-state index >= 15 is 0 Å². The molecule has 0 saturated carbocycles. The number of para-hydroxylation sites is 1. The topological polar surface area (TPSA) is 3.24 Å². The first-order valence-corrected chi connectivity index (χ1v) is 6.35. The first-order chi connectivity index (χ1) is 9.40. The molecule has 94 valence electrons. The first kappa shape index (κ1) is 13.0. The molecule has 0 unspecified atom stereocenters. The normalized spacial score (nSPS) is 9.26. The number of hydrogen-bond acceptors (Lipinski definition) is 1. The van der Waals surface area contributed by atoms with Crippen molar-refractivity contribution in [3.8, 4) is 11.8 Å². The maximum Gasteiger partial charge on any atom is 0.0801 e. The predicted molar refractivity (Wildman–Crippen MR) is 82.2 cm³/mol. The van der Waals surface area contributed by atoms with E-state index < -0.39 is 0 Å². The molecule has 1 nitrogen and oxygen atoms in total. The highest BCUT2D eigenvalue weighted by molar-refractivity contribution is 5.48. The molecule has 1 heteroatoms. The van der Waals surface area contributed by atoms with E-state index in [9.17, 15) is 0 Å². The molecule has 2 rings (SSSR count). The predicted octanol–water partition coefficient (Wildman–Crippen LogP) is 3.73. The molecule has 0 fully saturated rings. The van der Waals surface area contributed by atoms with Crippen molar-refractivity contribution in [2.45, 2.75) is 0 Å². The van der Waals surface area contributed by atoms with Gasteiger partial charge in [-0.2, -0.15) is 0 Å². The zero-order chi connectivity index (χ0) is 13.3. The van der Waals surface area contributed by atoms with Crippen LogP contribution in [-0.2, 0) is 0 Å². The maximum absolute atomic E-state index is 3.80. The summed E-state index contributed by atoms with van der Waals surface area (Å²) in [5.41, 5.74) is 2.22. The summed E-state index contributed by atoms with van der Waals surface area (Å²) in [6.45, 7) is 5.30. The molecule has 0 radical (unpaired) electrons. The maximum atomic E-state index is 3.80. The molecule has 19 heavy (non-hydrogen) atoms. The van der Waals surface area contributed by atoms with E-state index in [2.05, 4.69) is 35.5 Å². The number of hydrogen-bond donors (Lipinski definition) is 0. The minimum absolute atomic E-state index is 0.699. The molecule has 0 aliphatic rings. The standard InChI is InChI=1S/C18H17N/c1-2-15-19(18-13-7-4-8-14-18)16-9-12-17-10-5-3-6-11-17/h2-8,10-11,13-14H,1,15-16H2. The summed E-state index contributed by atoms with van der Waals surface area (Å²) in [6, 6.07) is 20.3. The minimum Gasteiger partial charge on any atom is -0.357 e. The van der Waals surface area contributed by atoms with Crippen molar-refractivity contribution in [1.29, 1.82) is 0 Å². The van der Waals surface area contributed by atoms with Crippen molar-refractivity contribution >= 4 is 5.69 Å². The summed E-state index contributed by atoms with van der Waals surface area (Å²) in [5.74, 6) is 6.39. The number of rotatable bonds is 4. The monoisotopic (exact) mass is 247 g/mol. The van der Waals surface area contributed by atoms with Crippen LogP contribution in [0.15, 0.2) is 73.3 Å². The summed E-state index contributed by atoms with van der Waals surface area (Å²) in [6.07, 6.45) is 1.90. The van der Waals surface area contributed by atoms with Gasteiger partial charge in [0.25, 0.3) is 0 Å². The third-order valence-electron chi connectivity index (χ3n) is 2.75. The summed E-state index contributed by atoms with van der Waals surface area (Å²) in [4.78, 5) is 2.20. The van der Waals surface area contributed by atoms with E-state index in [1.54, 1.807) is 0 Å². The Labute approximate surface area is 115 Å². The average molecular weight is 247 g/mol. The van der Waals surface area contributed by atoms with Gasteiger partial charge in [-0.25, -0.2) is 0 Å². The van der Waals surface area contributed by atoms with E-state index in [1.807, 2.05) is 54.6 Å². The van der Waals surface area contributed by atoms with Gasteiger partial charge >= 0.3 is 0 Å². The highest BCUT2D eigenvalue weighted by atomic mass is 15.1. The van der Waals surface area contributed by atoms with Gasteiger partial charge in [-0.15, -0.1) is 6.58 Å². The molecule has 0 atom stereocenters. The third kappa shape index (κ3) is 4.04. The van der Waals surface area contributed by atoms with E-state index in [-0.39, 0.29) is 0 Å². The van der Waals surface area contributed by atoms with Crippen LogP contribution in [0.2, 0.25) is 0 Å². The second-order valence-electron chi connectivity index (χ2n) is 4.17. The van der Waals surface area contributed by atoms with Gasteiger partial charge in [0.1, 0.15) is 0 Å².